The number of rotatable bonds is 9. The van der Waals surface area contributed by atoms with E-state index in [2.05, 4.69) is 66.4 Å². The van der Waals surface area contributed by atoms with Crippen LogP contribution in [0, 0.1) is 5.92 Å². The maximum atomic E-state index is 6.45. The third-order valence-corrected chi connectivity index (χ3v) is 6.48. The fourth-order valence-corrected chi connectivity index (χ4v) is 4.42. The smallest absolute Gasteiger partial charge is 0.119 e. The van der Waals surface area contributed by atoms with Crippen LogP contribution in [0.15, 0.2) is 54.6 Å². The van der Waals surface area contributed by atoms with E-state index >= 15 is 0 Å². The SMILES string of the molecule is CC1(OCc2ccccc2)CCCCN1CCc1ccc(OCC2CCOC2)cc1. The van der Waals surface area contributed by atoms with Gasteiger partial charge in [0, 0.05) is 25.6 Å². The van der Waals surface area contributed by atoms with Crippen molar-refractivity contribution in [2.24, 2.45) is 5.92 Å². The Morgan fingerprint density at radius 1 is 1.03 bits per heavy atom. The largest absolute Gasteiger partial charge is 0.493 e. The number of ether oxygens (including phenoxy) is 3. The van der Waals surface area contributed by atoms with Gasteiger partial charge in [-0.25, -0.2) is 0 Å². The molecule has 4 heteroatoms. The molecule has 0 aromatic heterocycles. The van der Waals surface area contributed by atoms with Gasteiger partial charge in [-0.05, 0) is 62.3 Å². The highest BCUT2D eigenvalue weighted by Gasteiger charge is 2.34. The van der Waals surface area contributed by atoms with Gasteiger partial charge in [0.25, 0.3) is 0 Å². The fourth-order valence-electron chi connectivity index (χ4n) is 4.42. The first-order chi connectivity index (χ1) is 14.7. The lowest BCUT2D eigenvalue weighted by Gasteiger charge is -2.44. The second kappa shape index (κ2) is 10.4. The molecule has 2 aromatic rings. The van der Waals surface area contributed by atoms with Gasteiger partial charge in [-0.1, -0.05) is 42.5 Å². The molecule has 2 unspecified atom stereocenters. The van der Waals surface area contributed by atoms with Crippen LogP contribution >= 0.6 is 0 Å². The van der Waals surface area contributed by atoms with Crippen molar-refractivity contribution in [2.75, 3.05) is 32.9 Å². The van der Waals surface area contributed by atoms with Crippen LogP contribution < -0.4 is 4.74 Å². The number of nitrogens with zero attached hydrogens (tertiary/aromatic N) is 1. The summed E-state index contributed by atoms with van der Waals surface area (Å²) in [5.41, 5.74) is 2.41. The monoisotopic (exact) mass is 409 g/mol. The normalized spacial score (nSPS) is 24.8. The van der Waals surface area contributed by atoms with Crippen molar-refractivity contribution >= 4 is 0 Å². The van der Waals surface area contributed by atoms with Crippen molar-refractivity contribution < 1.29 is 14.2 Å². The molecule has 0 N–H and O–H groups in total. The number of hydrogen-bond donors (Lipinski definition) is 0. The van der Waals surface area contributed by atoms with E-state index in [9.17, 15) is 0 Å². The predicted octanol–water partition coefficient (Wildman–Crippen LogP) is 5.06. The predicted molar refractivity (Wildman–Crippen MR) is 120 cm³/mol. The van der Waals surface area contributed by atoms with E-state index in [4.69, 9.17) is 14.2 Å². The Bertz CT molecular complexity index is 758. The quantitative estimate of drug-likeness (QED) is 0.579. The molecule has 0 saturated carbocycles. The van der Waals surface area contributed by atoms with Crippen molar-refractivity contribution in [3.63, 3.8) is 0 Å². The van der Waals surface area contributed by atoms with Crippen LogP contribution in [-0.2, 0) is 22.5 Å². The topological polar surface area (TPSA) is 30.9 Å². The molecule has 2 aliphatic heterocycles. The van der Waals surface area contributed by atoms with E-state index in [0.29, 0.717) is 12.5 Å². The highest BCUT2D eigenvalue weighted by atomic mass is 16.5. The lowest BCUT2D eigenvalue weighted by Crippen LogP contribution is -2.52. The molecule has 2 atom stereocenters. The minimum absolute atomic E-state index is 0.180. The summed E-state index contributed by atoms with van der Waals surface area (Å²) in [5, 5.41) is 0. The lowest BCUT2D eigenvalue weighted by molar-refractivity contribution is -0.170. The average molecular weight is 410 g/mol. The first kappa shape index (κ1) is 21.4. The lowest BCUT2D eigenvalue weighted by atomic mass is 9.98. The second-order valence-electron chi connectivity index (χ2n) is 8.83. The Hall–Kier alpha value is -1.88. The van der Waals surface area contributed by atoms with Crippen molar-refractivity contribution in [3.05, 3.63) is 65.7 Å². The Balaban J connectivity index is 1.27. The van der Waals surface area contributed by atoms with Gasteiger partial charge in [0.1, 0.15) is 11.5 Å². The number of hydrogen-bond acceptors (Lipinski definition) is 4. The summed E-state index contributed by atoms with van der Waals surface area (Å²) in [6.45, 7) is 7.52. The Morgan fingerprint density at radius 3 is 2.63 bits per heavy atom. The summed E-state index contributed by atoms with van der Waals surface area (Å²) in [7, 11) is 0. The Kier molecular flexibility index (Phi) is 7.42. The van der Waals surface area contributed by atoms with Gasteiger partial charge in [-0.2, -0.15) is 0 Å². The van der Waals surface area contributed by atoms with E-state index in [1.807, 2.05) is 0 Å². The summed E-state index contributed by atoms with van der Waals surface area (Å²) >= 11 is 0. The molecule has 2 fully saturated rings. The van der Waals surface area contributed by atoms with E-state index in [-0.39, 0.29) is 5.72 Å². The molecular weight excluding hydrogens is 374 g/mol. The summed E-state index contributed by atoms with van der Waals surface area (Å²) in [6, 6.07) is 19.1. The number of piperidine rings is 1. The summed E-state index contributed by atoms with van der Waals surface area (Å²) in [5.74, 6) is 1.50. The van der Waals surface area contributed by atoms with Crippen LogP contribution in [0.5, 0.6) is 5.75 Å². The Labute approximate surface area is 181 Å². The zero-order chi connectivity index (χ0) is 20.7. The zero-order valence-electron chi connectivity index (χ0n) is 18.2. The highest BCUT2D eigenvalue weighted by Crippen LogP contribution is 2.30. The molecule has 30 heavy (non-hydrogen) atoms. The van der Waals surface area contributed by atoms with Gasteiger partial charge in [-0.15, -0.1) is 0 Å². The molecule has 0 amide bonds. The third-order valence-electron chi connectivity index (χ3n) is 6.48. The van der Waals surface area contributed by atoms with Gasteiger partial charge >= 0.3 is 0 Å². The van der Waals surface area contributed by atoms with E-state index in [0.717, 1.165) is 57.9 Å². The van der Waals surface area contributed by atoms with Crippen molar-refractivity contribution in [1.29, 1.82) is 0 Å². The minimum Gasteiger partial charge on any atom is -0.493 e. The van der Waals surface area contributed by atoms with Gasteiger partial charge in [0.05, 0.1) is 19.8 Å². The fraction of sp³-hybridized carbons (Fsp3) is 0.538. The minimum atomic E-state index is -0.180. The van der Waals surface area contributed by atoms with E-state index < -0.39 is 0 Å². The molecule has 2 heterocycles. The third kappa shape index (κ3) is 5.84. The maximum Gasteiger partial charge on any atom is 0.119 e. The van der Waals surface area contributed by atoms with Gasteiger partial charge in [-0.3, -0.25) is 4.90 Å². The van der Waals surface area contributed by atoms with Crippen molar-refractivity contribution in [3.8, 4) is 5.75 Å². The van der Waals surface area contributed by atoms with Crippen LogP contribution in [0.2, 0.25) is 0 Å². The molecule has 0 spiro atoms. The summed E-state index contributed by atoms with van der Waals surface area (Å²) in [6.07, 6.45) is 5.72. The summed E-state index contributed by atoms with van der Waals surface area (Å²) < 4.78 is 17.8. The van der Waals surface area contributed by atoms with Crippen LogP contribution in [0.4, 0.5) is 0 Å². The average Bonchev–Trinajstić information content (AvgIpc) is 3.31. The molecule has 0 aliphatic carbocycles. The van der Waals surface area contributed by atoms with Crippen LogP contribution in [0.3, 0.4) is 0 Å². The molecule has 2 aromatic carbocycles. The van der Waals surface area contributed by atoms with Crippen molar-refractivity contribution in [2.45, 2.75) is 51.4 Å². The Morgan fingerprint density at radius 2 is 1.87 bits per heavy atom. The first-order valence-electron chi connectivity index (χ1n) is 11.4. The van der Waals surface area contributed by atoms with E-state index in [1.165, 1.54) is 24.0 Å². The van der Waals surface area contributed by atoms with Gasteiger partial charge in [0.2, 0.25) is 0 Å². The molecule has 2 saturated heterocycles. The first-order valence-corrected chi connectivity index (χ1v) is 11.4. The van der Waals surface area contributed by atoms with Crippen LogP contribution in [-0.4, -0.2) is 43.5 Å². The number of likely N-dealkylation sites (tertiary alicyclic amines) is 1. The van der Waals surface area contributed by atoms with Crippen LogP contribution in [0.1, 0.15) is 43.7 Å². The standard InChI is InChI=1S/C26H35NO3/c1-26(30-21-23-7-3-2-4-8-23)15-5-6-16-27(26)17-13-22-9-11-25(12-10-22)29-20-24-14-18-28-19-24/h2-4,7-12,24H,5-6,13-21H2,1H3. The highest BCUT2D eigenvalue weighted by molar-refractivity contribution is 5.27. The maximum absolute atomic E-state index is 6.45. The molecule has 2 aliphatic rings. The number of benzene rings is 2. The molecule has 4 rings (SSSR count). The summed E-state index contributed by atoms with van der Waals surface area (Å²) in [4.78, 5) is 2.53. The molecule has 162 valence electrons. The van der Waals surface area contributed by atoms with Gasteiger partial charge < -0.3 is 14.2 Å². The molecule has 4 nitrogen and oxygen atoms in total. The zero-order valence-corrected chi connectivity index (χ0v) is 18.2. The molecule has 0 bridgehead atoms. The van der Waals surface area contributed by atoms with Crippen molar-refractivity contribution in [1.82, 2.24) is 4.90 Å². The molecular formula is C26H35NO3. The molecule has 0 radical (unpaired) electrons. The van der Waals surface area contributed by atoms with Crippen LogP contribution in [0.25, 0.3) is 0 Å². The van der Waals surface area contributed by atoms with Gasteiger partial charge in [0.15, 0.2) is 0 Å². The second-order valence-corrected chi connectivity index (χ2v) is 8.83. The van der Waals surface area contributed by atoms with E-state index in [1.54, 1.807) is 0 Å².